The molecule has 1 aromatic rings. The van der Waals surface area contributed by atoms with Crippen molar-refractivity contribution in [2.75, 3.05) is 12.3 Å². The van der Waals surface area contributed by atoms with E-state index in [0.29, 0.717) is 12.8 Å². The van der Waals surface area contributed by atoms with Crippen molar-refractivity contribution in [3.05, 3.63) is 22.4 Å². The predicted molar refractivity (Wildman–Crippen MR) is 81.7 cm³/mol. The van der Waals surface area contributed by atoms with Crippen LogP contribution in [0.5, 0.6) is 0 Å². The Morgan fingerprint density at radius 1 is 1.33 bits per heavy atom. The summed E-state index contributed by atoms with van der Waals surface area (Å²) in [5, 5.41) is 9.60. The molecule has 1 saturated carbocycles. The maximum absolute atomic E-state index is 13.3. The SMILES string of the molecule is Nc1cc(S(=O)(=O)NC2(CO)CCCCC2)c(Br)cc1F. The minimum Gasteiger partial charge on any atom is -0.396 e. The van der Waals surface area contributed by atoms with Gasteiger partial charge in [-0.3, -0.25) is 0 Å². The second-order valence-corrected chi connectivity index (χ2v) is 7.91. The highest BCUT2D eigenvalue weighted by atomic mass is 79.9. The normalized spacial score (nSPS) is 18.6. The van der Waals surface area contributed by atoms with Gasteiger partial charge in [0.15, 0.2) is 0 Å². The van der Waals surface area contributed by atoms with E-state index >= 15 is 0 Å². The molecule has 0 aromatic heterocycles. The fourth-order valence-corrected chi connectivity index (χ4v) is 5.11. The lowest BCUT2D eigenvalue weighted by Gasteiger charge is -2.36. The van der Waals surface area contributed by atoms with Gasteiger partial charge in [0.1, 0.15) is 5.82 Å². The first-order chi connectivity index (χ1) is 9.80. The summed E-state index contributed by atoms with van der Waals surface area (Å²) in [6, 6.07) is 2.10. The van der Waals surface area contributed by atoms with Crippen molar-refractivity contribution in [2.45, 2.75) is 42.5 Å². The van der Waals surface area contributed by atoms with Crippen molar-refractivity contribution >= 4 is 31.6 Å². The second-order valence-electron chi connectivity index (χ2n) is 5.41. The average molecular weight is 381 g/mol. The van der Waals surface area contributed by atoms with Gasteiger partial charge < -0.3 is 10.8 Å². The Labute approximate surface area is 131 Å². The van der Waals surface area contributed by atoms with Crippen molar-refractivity contribution in [1.82, 2.24) is 4.72 Å². The molecule has 0 aliphatic heterocycles. The topological polar surface area (TPSA) is 92.4 Å². The number of nitrogens with two attached hydrogens (primary N) is 1. The number of halogens is 2. The molecule has 1 fully saturated rings. The second kappa shape index (κ2) is 6.20. The van der Waals surface area contributed by atoms with Gasteiger partial charge in [-0.2, -0.15) is 0 Å². The number of rotatable bonds is 4. The van der Waals surface area contributed by atoms with E-state index < -0.39 is 21.4 Å². The largest absolute Gasteiger partial charge is 0.396 e. The van der Waals surface area contributed by atoms with Crippen LogP contribution in [0.3, 0.4) is 0 Å². The van der Waals surface area contributed by atoms with Crippen LogP contribution in [0, 0.1) is 5.82 Å². The third-order valence-corrected chi connectivity index (χ3v) is 6.34. The minimum atomic E-state index is -3.90. The maximum atomic E-state index is 13.3. The molecule has 2 rings (SSSR count). The van der Waals surface area contributed by atoms with E-state index in [1.807, 2.05) is 0 Å². The summed E-state index contributed by atoms with van der Waals surface area (Å²) in [6.07, 6.45) is 3.90. The Balaban J connectivity index is 2.36. The van der Waals surface area contributed by atoms with Gasteiger partial charge in [0.2, 0.25) is 10.0 Å². The molecule has 0 spiro atoms. The van der Waals surface area contributed by atoms with E-state index in [-0.39, 0.29) is 21.7 Å². The standard InChI is InChI=1S/C13H18BrFN2O3S/c14-9-6-10(15)11(16)7-12(9)21(19,20)17-13(8-18)4-2-1-3-5-13/h6-7,17-18H,1-5,8,16H2. The number of aliphatic hydroxyl groups is 1. The van der Waals surface area contributed by atoms with Crippen molar-refractivity contribution in [3.63, 3.8) is 0 Å². The van der Waals surface area contributed by atoms with Crippen LogP contribution in [-0.2, 0) is 10.0 Å². The van der Waals surface area contributed by atoms with Gasteiger partial charge in [0.25, 0.3) is 0 Å². The zero-order chi connectivity index (χ0) is 15.7. The molecule has 0 unspecified atom stereocenters. The Bertz CT molecular complexity index is 631. The van der Waals surface area contributed by atoms with Crippen LogP contribution in [0.15, 0.2) is 21.5 Å². The molecule has 0 amide bonds. The maximum Gasteiger partial charge on any atom is 0.242 e. The highest BCUT2D eigenvalue weighted by molar-refractivity contribution is 9.10. The molecule has 1 aromatic carbocycles. The van der Waals surface area contributed by atoms with Crippen LogP contribution in [0.2, 0.25) is 0 Å². The predicted octanol–water partition coefficient (Wildman–Crippen LogP) is 2.14. The summed E-state index contributed by atoms with van der Waals surface area (Å²) >= 11 is 3.04. The van der Waals surface area contributed by atoms with Gasteiger partial charge in [-0.05, 0) is 40.9 Å². The summed E-state index contributed by atoms with van der Waals surface area (Å²) in [6.45, 7) is -0.263. The smallest absolute Gasteiger partial charge is 0.242 e. The van der Waals surface area contributed by atoms with Crippen LogP contribution in [0.1, 0.15) is 32.1 Å². The van der Waals surface area contributed by atoms with Crippen molar-refractivity contribution in [1.29, 1.82) is 0 Å². The highest BCUT2D eigenvalue weighted by Crippen LogP contribution is 2.32. The van der Waals surface area contributed by atoms with Crippen molar-refractivity contribution in [3.8, 4) is 0 Å². The minimum absolute atomic E-state index is 0.102. The zero-order valence-electron chi connectivity index (χ0n) is 11.4. The summed E-state index contributed by atoms with van der Waals surface area (Å²) in [7, 11) is -3.90. The Morgan fingerprint density at radius 2 is 1.95 bits per heavy atom. The van der Waals surface area contributed by atoms with E-state index in [9.17, 15) is 17.9 Å². The molecule has 4 N–H and O–H groups in total. The number of hydrogen-bond acceptors (Lipinski definition) is 4. The summed E-state index contributed by atoms with van der Waals surface area (Å²) < 4.78 is 41.1. The first-order valence-corrected chi connectivity index (χ1v) is 8.97. The Morgan fingerprint density at radius 3 is 2.52 bits per heavy atom. The van der Waals surface area contributed by atoms with Gasteiger partial charge in [0.05, 0.1) is 22.7 Å². The van der Waals surface area contributed by atoms with Crippen LogP contribution in [0.4, 0.5) is 10.1 Å². The molecule has 0 heterocycles. The molecule has 0 saturated heterocycles. The van der Waals surface area contributed by atoms with Gasteiger partial charge in [-0.15, -0.1) is 0 Å². The third-order valence-electron chi connectivity index (χ3n) is 3.80. The molecule has 0 radical (unpaired) electrons. The number of sulfonamides is 1. The summed E-state index contributed by atoms with van der Waals surface area (Å²) in [5.74, 6) is -0.685. The first-order valence-electron chi connectivity index (χ1n) is 6.69. The molecule has 1 aliphatic rings. The van der Waals surface area contributed by atoms with Crippen LogP contribution >= 0.6 is 15.9 Å². The van der Waals surface area contributed by atoms with Crippen LogP contribution in [0.25, 0.3) is 0 Å². The lowest BCUT2D eigenvalue weighted by molar-refractivity contribution is 0.142. The van der Waals surface area contributed by atoms with Gasteiger partial charge in [-0.1, -0.05) is 19.3 Å². The summed E-state index contributed by atoms with van der Waals surface area (Å²) in [4.78, 5) is -0.125. The van der Waals surface area contributed by atoms with Crippen molar-refractivity contribution < 1.29 is 17.9 Å². The molecule has 0 bridgehead atoms. The lowest BCUT2D eigenvalue weighted by Crippen LogP contribution is -2.52. The number of hydrogen-bond donors (Lipinski definition) is 3. The molecule has 8 heteroatoms. The van der Waals surface area contributed by atoms with Gasteiger partial charge in [-0.25, -0.2) is 17.5 Å². The Kier molecular flexibility index (Phi) is 4.92. The van der Waals surface area contributed by atoms with Gasteiger partial charge in [0, 0.05) is 4.47 Å². The van der Waals surface area contributed by atoms with Crippen LogP contribution < -0.4 is 10.5 Å². The van der Waals surface area contributed by atoms with Gasteiger partial charge >= 0.3 is 0 Å². The molecule has 21 heavy (non-hydrogen) atoms. The third kappa shape index (κ3) is 3.56. The molecular formula is C13H18BrFN2O3S. The lowest BCUT2D eigenvalue weighted by atomic mass is 9.83. The van der Waals surface area contributed by atoms with E-state index in [2.05, 4.69) is 20.7 Å². The number of anilines is 1. The monoisotopic (exact) mass is 380 g/mol. The average Bonchev–Trinajstić information content (AvgIpc) is 2.43. The van der Waals surface area contributed by atoms with E-state index in [4.69, 9.17) is 5.73 Å². The summed E-state index contributed by atoms with van der Waals surface area (Å²) in [5.41, 5.74) is 4.36. The number of nitrogen functional groups attached to an aromatic ring is 1. The van der Waals surface area contributed by atoms with Crippen LogP contribution in [-0.4, -0.2) is 25.7 Å². The number of aliphatic hydroxyl groups excluding tert-OH is 1. The quantitative estimate of drug-likeness (QED) is 0.697. The number of nitrogens with one attached hydrogen (secondary N) is 1. The van der Waals surface area contributed by atoms with E-state index in [1.54, 1.807) is 0 Å². The zero-order valence-corrected chi connectivity index (χ0v) is 13.8. The molecule has 118 valence electrons. The fourth-order valence-electron chi connectivity index (χ4n) is 2.61. The van der Waals surface area contributed by atoms with Crippen molar-refractivity contribution in [2.24, 2.45) is 0 Å². The molecule has 1 aliphatic carbocycles. The molecular weight excluding hydrogens is 363 g/mol. The Hall–Kier alpha value is -0.700. The van der Waals surface area contributed by atoms with E-state index in [1.165, 1.54) is 0 Å². The first kappa shape index (κ1) is 16.7. The highest BCUT2D eigenvalue weighted by Gasteiger charge is 2.36. The fraction of sp³-hybridized carbons (Fsp3) is 0.538. The van der Waals surface area contributed by atoms with E-state index in [0.717, 1.165) is 31.4 Å². The molecule has 0 atom stereocenters. The number of benzene rings is 1. The molecule has 5 nitrogen and oxygen atoms in total.